The summed E-state index contributed by atoms with van der Waals surface area (Å²) in [6.45, 7) is 7.61. The predicted molar refractivity (Wildman–Crippen MR) is 62.5 cm³/mol. The van der Waals surface area contributed by atoms with Crippen molar-refractivity contribution in [3.05, 3.63) is 11.6 Å². The molecule has 0 aliphatic heterocycles. The highest BCUT2D eigenvalue weighted by Crippen LogP contribution is 2.87. The standard InChI is InChI=1S/C15H22/c1-13(2)11-7-6-10-5-4-8-14(3)9-15(10,14)12(11)13/h5,11-12H,4,6-9H2,1-3H3/t11-,12?,14?,15+/m1/s1. The van der Waals surface area contributed by atoms with Crippen LogP contribution in [0.1, 0.15) is 52.9 Å². The van der Waals surface area contributed by atoms with Crippen molar-refractivity contribution in [1.29, 1.82) is 0 Å². The van der Waals surface area contributed by atoms with Crippen LogP contribution in [0.15, 0.2) is 11.6 Å². The highest BCUT2D eigenvalue weighted by molar-refractivity contribution is 5.42. The number of rotatable bonds is 0. The molecule has 4 aliphatic carbocycles. The summed E-state index contributed by atoms with van der Waals surface area (Å²) in [6.07, 6.45) is 9.89. The number of allylic oxidation sites excluding steroid dienone is 2. The van der Waals surface area contributed by atoms with Crippen LogP contribution in [0.4, 0.5) is 0 Å². The zero-order valence-corrected chi connectivity index (χ0v) is 10.3. The molecule has 0 amide bonds. The first-order valence-electron chi connectivity index (χ1n) is 6.72. The van der Waals surface area contributed by atoms with Crippen LogP contribution in [0.3, 0.4) is 0 Å². The lowest BCUT2D eigenvalue weighted by Crippen LogP contribution is -2.25. The zero-order valence-electron chi connectivity index (χ0n) is 10.3. The smallest absolute Gasteiger partial charge is 0.000781 e. The lowest BCUT2D eigenvalue weighted by molar-refractivity contribution is 0.273. The van der Waals surface area contributed by atoms with Gasteiger partial charge in [-0.1, -0.05) is 32.4 Å². The Kier molecular flexibility index (Phi) is 1.23. The summed E-state index contributed by atoms with van der Waals surface area (Å²) in [4.78, 5) is 0. The summed E-state index contributed by atoms with van der Waals surface area (Å²) in [5, 5.41) is 0. The van der Waals surface area contributed by atoms with Crippen LogP contribution in [-0.2, 0) is 0 Å². The molecule has 0 aromatic carbocycles. The molecular weight excluding hydrogens is 180 g/mol. The third-order valence-corrected chi connectivity index (χ3v) is 6.59. The monoisotopic (exact) mass is 202 g/mol. The van der Waals surface area contributed by atoms with Crippen LogP contribution in [0.5, 0.6) is 0 Å². The van der Waals surface area contributed by atoms with Crippen molar-refractivity contribution in [2.45, 2.75) is 52.9 Å². The second-order valence-corrected chi connectivity index (χ2v) is 7.42. The van der Waals surface area contributed by atoms with Gasteiger partial charge < -0.3 is 0 Å². The van der Waals surface area contributed by atoms with Gasteiger partial charge in [-0.3, -0.25) is 0 Å². The quantitative estimate of drug-likeness (QED) is 0.517. The molecule has 4 aliphatic rings. The maximum Gasteiger partial charge on any atom is 0.000781 e. The molecule has 0 aromatic heterocycles. The van der Waals surface area contributed by atoms with Gasteiger partial charge in [0.25, 0.3) is 0 Å². The van der Waals surface area contributed by atoms with E-state index in [1.54, 1.807) is 0 Å². The minimum Gasteiger partial charge on any atom is -0.0847 e. The highest BCUT2D eigenvalue weighted by atomic mass is 14.8. The average Bonchev–Trinajstić information content (AvgIpc) is 2.95. The molecule has 3 saturated carbocycles. The van der Waals surface area contributed by atoms with Gasteiger partial charge in [0.15, 0.2) is 0 Å². The van der Waals surface area contributed by atoms with Crippen LogP contribution in [-0.4, -0.2) is 0 Å². The second-order valence-electron chi connectivity index (χ2n) is 7.42. The first-order valence-corrected chi connectivity index (χ1v) is 6.72. The fourth-order valence-corrected chi connectivity index (χ4v) is 5.71. The van der Waals surface area contributed by atoms with Crippen molar-refractivity contribution < 1.29 is 0 Å². The van der Waals surface area contributed by atoms with E-state index in [2.05, 4.69) is 26.8 Å². The van der Waals surface area contributed by atoms with Gasteiger partial charge in [-0.2, -0.15) is 0 Å². The molecule has 0 radical (unpaired) electrons. The number of hydrogen-bond acceptors (Lipinski definition) is 0. The van der Waals surface area contributed by atoms with Crippen molar-refractivity contribution >= 4 is 0 Å². The topological polar surface area (TPSA) is 0 Å². The van der Waals surface area contributed by atoms with E-state index < -0.39 is 0 Å². The maximum atomic E-state index is 2.61. The normalized spacial score (nSPS) is 58.5. The summed E-state index contributed by atoms with van der Waals surface area (Å²) in [5.41, 5.74) is 3.97. The van der Waals surface area contributed by atoms with Gasteiger partial charge in [0.2, 0.25) is 0 Å². The Hall–Kier alpha value is -0.260. The Morgan fingerprint density at radius 2 is 2.07 bits per heavy atom. The summed E-state index contributed by atoms with van der Waals surface area (Å²) in [6, 6.07) is 0. The SMILES string of the molecule is CC1(C)C2[C@H]1CCC1=CCCC3(C)C[C@]123. The highest BCUT2D eigenvalue weighted by Gasteiger charge is 2.80. The van der Waals surface area contributed by atoms with Crippen molar-refractivity contribution in [2.24, 2.45) is 28.1 Å². The van der Waals surface area contributed by atoms with Crippen LogP contribution < -0.4 is 0 Å². The van der Waals surface area contributed by atoms with E-state index in [9.17, 15) is 0 Å². The van der Waals surface area contributed by atoms with E-state index in [4.69, 9.17) is 0 Å². The molecule has 0 heteroatoms. The number of fused-ring (bicyclic) bond motifs is 1. The first-order chi connectivity index (χ1) is 7.02. The molecule has 0 bridgehead atoms. The summed E-state index contributed by atoms with van der Waals surface area (Å²) < 4.78 is 0. The largest absolute Gasteiger partial charge is 0.0847 e. The van der Waals surface area contributed by atoms with E-state index >= 15 is 0 Å². The Bertz CT molecular complexity index is 375. The van der Waals surface area contributed by atoms with Crippen LogP contribution >= 0.6 is 0 Å². The molecule has 1 spiro atoms. The third-order valence-electron chi connectivity index (χ3n) is 6.59. The lowest BCUT2D eigenvalue weighted by atomic mass is 9.71. The van der Waals surface area contributed by atoms with E-state index in [0.29, 0.717) is 16.2 Å². The van der Waals surface area contributed by atoms with Gasteiger partial charge >= 0.3 is 0 Å². The minimum absolute atomic E-state index is 0.671. The van der Waals surface area contributed by atoms with Crippen molar-refractivity contribution in [3.63, 3.8) is 0 Å². The van der Waals surface area contributed by atoms with E-state index in [0.717, 1.165) is 11.8 Å². The van der Waals surface area contributed by atoms with E-state index in [1.165, 1.54) is 32.1 Å². The molecule has 4 rings (SSSR count). The van der Waals surface area contributed by atoms with Crippen LogP contribution in [0, 0.1) is 28.1 Å². The molecule has 0 aromatic rings. The summed E-state index contributed by atoms with van der Waals surface area (Å²) >= 11 is 0. The predicted octanol–water partition coefficient (Wildman–Crippen LogP) is 4.17. The first kappa shape index (κ1) is 8.84. The van der Waals surface area contributed by atoms with Gasteiger partial charge in [0.05, 0.1) is 0 Å². The average molecular weight is 202 g/mol. The Morgan fingerprint density at radius 1 is 1.27 bits per heavy atom. The van der Waals surface area contributed by atoms with Crippen LogP contribution in [0.25, 0.3) is 0 Å². The molecule has 4 atom stereocenters. The fourth-order valence-electron chi connectivity index (χ4n) is 5.71. The molecule has 0 nitrogen and oxygen atoms in total. The van der Waals surface area contributed by atoms with Gasteiger partial charge in [-0.25, -0.2) is 0 Å². The zero-order chi connectivity index (χ0) is 10.5. The van der Waals surface area contributed by atoms with E-state index in [1.807, 2.05) is 5.57 Å². The maximum absolute atomic E-state index is 2.61. The van der Waals surface area contributed by atoms with Crippen LogP contribution in [0.2, 0.25) is 0 Å². The van der Waals surface area contributed by atoms with Crippen molar-refractivity contribution in [3.8, 4) is 0 Å². The molecule has 2 unspecified atom stereocenters. The minimum atomic E-state index is 0.671. The fraction of sp³-hybridized carbons (Fsp3) is 0.867. The molecule has 0 heterocycles. The van der Waals surface area contributed by atoms with Gasteiger partial charge in [0.1, 0.15) is 0 Å². The van der Waals surface area contributed by atoms with Crippen molar-refractivity contribution in [1.82, 2.24) is 0 Å². The Morgan fingerprint density at radius 3 is 2.87 bits per heavy atom. The Labute approximate surface area is 93.1 Å². The number of hydrogen-bond donors (Lipinski definition) is 0. The molecule has 0 N–H and O–H groups in total. The summed E-state index contributed by atoms with van der Waals surface area (Å²) in [7, 11) is 0. The molecule has 3 fully saturated rings. The summed E-state index contributed by atoms with van der Waals surface area (Å²) in [5.74, 6) is 2.12. The molecule has 0 saturated heterocycles. The van der Waals surface area contributed by atoms with Gasteiger partial charge in [0, 0.05) is 5.41 Å². The molecule has 82 valence electrons. The third kappa shape index (κ3) is 0.736. The molecule has 15 heavy (non-hydrogen) atoms. The Balaban J connectivity index is 1.84. The second kappa shape index (κ2) is 2.08. The van der Waals surface area contributed by atoms with Gasteiger partial charge in [-0.15, -0.1) is 0 Å². The van der Waals surface area contributed by atoms with Gasteiger partial charge in [-0.05, 0) is 54.8 Å². The van der Waals surface area contributed by atoms with Crippen molar-refractivity contribution in [2.75, 3.05) is 0 Å². The van der Waals surface area contributed by atoms with E-state index in [-0.39, 0.29) is 0 Å². The lowest BCUT2D eigenvalue weighted by Gasteiger charge is -2.34. The molecular formula is C15H22.